The van der Waals surface area contributed by atoms with Crippen molar-refractivity contribution in [2.24, 2.45) is 11.8 Å². The number of nitrogens with one attached hydrogen (secondary N) is 1. The fraction of sp³-hybridized carbons (Fsp3) is 1.00. The first-order chi connectivity index (χ1) is 9.67. The van der Waals surface area contributed by atoms with Crippen molar-refractivity contribution in [3.63, 3.8) is 0 Å². The highest BCUT2D eigenvalue weighted by Gasteiger charge is 2.10. The molecule has 22 heavy (non-hydrogen) atoms. The zero-order chi connectivity index (χ0) is 18.5. The molecule has 2 nitrogen and oxygen atoms in total. The van der Waals surface area contributed by atoms with Crippen LogP contribution in [0.2, 0.25) is 0 Å². The second-order valence-electron chi connectivity index (χ2n) is 8.78. The van der Waals surface area contributed by atoms with Crippen LogP contribution < -0.4 is 5.32 Å². The number of hydrogen-bond donors (Lipinski definition) is 1. The van der Waals surface area contributed by atoms with E-state index < -0.39 is 0 Å². The van der Waals surface area contributed by atoms with Crippen molar-refractivity contribution < 1.29 is 4.74 Å². The van der Waals surface area contributed by atoms with Crippen LogP contribution in [0.5, 0.6) is 0 Å². The fourth-order valence-electron chi connectivity index (χ4n) is 2.32. The minimum absolute atomic E-state index is 0.0220. The Bertz CT molecular complexity index is 186. The van der Waals surface area contributed by atoms with Gasteiger partial charge in [-0.05, 0) is 52.9 Å². The zero-order valence-electron chi connectivity index (χ0n) is 18.0. The summed E-state index contributed by atoms with van der Waals surface area (Å²) in [7, 11) is 0. The molecule has 0 atom stereocenters. The molecule has 0 rings (SSSR count). The van der Waals surface area contributed by atoms with E-state index in [4.69, 9.17) is 4.74 Å². The molecule has 0 aromatic heterocycles. The predicted octanol–water partition coefficient (Wildman–Crippen LogP) is 6.29. The van der Waals surface area contributed by atoms with E-state index in [1.54, 1.807) is 0 Å². The average Bonchev–Trinajstić information content (AvgIpc) is 2.08. The first kappa shape index (κ1) is 26.8. The summed E-state index contributed by atoms with van der Waals surface area (Å²) in [5.74, 6) is 1.75. The van der Waals surface area contributed by atoms with Gasteiger partial charge < -0.3 is 10.1 Å². The summed E-state index contributed by atoms with van der Waals surface area (Å²) in [4.78, 5) is 0. The minimum atomic E-state index is 0.0220. The molecule has 0 aromatic carbocycles. The lowest BCUT2D eigenvalue weighted by Gasteiger charge is -2.22. The lowest BCUT2D eigenvalue weighted by atomic mass is 10.0. The molecule has 0 unspecified atom stereocenters. The molecule has 0 radical (unpaired) electrons. The van der Waals surface area contributed by atoms with Crippen molar-refractivity contribution >= 4 is 0 Å². The van der Waals surface area contributed by atoms with Gasteiger partial charge in [-0.3, -0.25) is 0 Å². The highest BCUT2D eigenvalue weighted by Crippen LogP contribution is 2.09. The molecule has 0 amide bonds. The molecule has 0 fully saturated rings. The van der Waals surface area contributed by atoms with Crippen molar-refractivity contribution in [1.29, 1.82) is 0 Å². The SMILES string of the molecule is CC(C)CC(C)C.CC(C)NC(C)C.CC(C)OC(C)(C)C. The van der Waals surface area contributed by atoms with Gasteiger partial charge >= 0.3 is 0 Å². The smallest absolute Gasteiger partial charge is 0.0601 e. The molecule has 0 saturated heterocycles. The van der Waals surface area contributed by atoms with Crippen LogP contribution in [-0.4, -0.2) is 23.8 Å². The third-order valence-electron chi connectivity index (χ3n) is 2.20. The second kappa shape index (κ2) is 14.5. The Morgan fingerprint density at radius 3 is 1.00 bits per heavy atom. The van der Waals surface area contributed by atoms with Gasteiger partial charge in [-0.2, -0.15) is 0 Å². The molecule has 0 aromatic rings. The third kappa shape index (κ3) is 42.7. The van der Waals surface area contributed by atoms with Crippen molar-refractivity contribution in [2.75, 3.05) is 0 Å². The van der Waals surface area contributed by atoms with E-state index >= 15 is 0 Å². The van der Waals surface area contributed by atoms with Gasteiger partial charge in [0.15, 0.2) is 0 Å². The molecule has 1 N–H and O–H groups in total. The Balaban J connectivity index is -0.000000247. The van der Waals surface area contributed by atoms with E-state index in [0.29, 0.717) is 18.2 Å². The van der Waals surface area contributed by atoms with Crippen molar-refractivity contribution in [3.8, 4) is 0 Å². The van der Waals surface area contributed by atoms with E-state index in [1.807, 2.05) is 13.8 Å². The van der Waals surface area contributed by atoms with Gasteiger partial charge in [0.25, 0.3) is 0 Å². The average molecular weight is 318 g/mol. The summed E-state index contributed by atoms with van der Waals surface area (Å²) in [6.07, 6.45) is 1.70. The van der Waals surface area contributed by atoms with Gasteiger partial charge in [0.2, 0.25) is 0 Å². The predicted molar refractivity (Wildman–Crippen MR) is 104 cm³/mol. The summed E-state index contributed by atoms with van der Waals surface area (Å²) in [6, 6.07) is 1.25. The monoisotopic (exact) mass is 317 g/mol. The van der Waals surface area contributed by atoms with E-state index in [0.717, 1.165) is 11.8 Å². The molecule has 0 saturated carbocycles. The van der Waals surface area contributed by atoms with Crippen LogP contribution in [0.15, 0.2) is 0 Å². The highest BCUT2D eigenvalue weighted by molar-refractivity contribution is 4.59. The Morgan fingerprint density at radius 1 is 0.682 bits per heavy atom. The number of ether oxygens (including phenoxy) is 1. The van der Waals surface area contributed by atoms with Crippen LogP contribution >= 0.6 is 0 Å². The number of hydrogen-bond acceptors (Lipinski definition) is 2. The topological polar surface area (TPSA) is 21.3 Å². The molecule has 0 spiro atoms. The van der Waals surface area contributed by atoms with Crippen molar-refractivity contribution in [2.45, 2.75) is 120 Å². The third-order valence-corrected chi connectivity index (χ3v) is 2.20. The van der Waals surface area contributed by atoms with Crippen LogP contribution in [0, 0.1) is 11.8 Å². The molecule has 0 heterocycles. The Kier molecular flexibility index (Phi) is 17.7. The van der Waals surface area contributed by atoms with Crippen molar-refractivity contribution in [3.05, 3.63) is 0 Å². The maximum Gasteiger partial charge on any atom is 0.0601 e. The Hall–Kier alpha value is -0.0800. The molecule has 0 aliphatic carbocycles. The van der Waals surface area contributed by atoms with Gasteiger partial charge in [0.1, 0.15) is 0 Å². The molecular formula is C20H47NO. The lowest BCUT2D eigenvalue weighted by Crippen LogP contribution is -2.29. The van der Waals surface area contributed by atoms with Gasteiger partial charge in [0, 0.05) is 12.1 Å². The normalized spacial score (nSPS) is 11.7. The first-order valence-corrected chi connectivity index (χ1v) is 9.11. The summed E-state index contributed by atoms with van der Waals surface area (Å²) in [6.45, 7) is 27.9. The van der Waals surface area contributed by atoms with Crippen LogP contribution in [0.25, 0.3) is 0 Å². The second-order valence-corrected chi connectivity index (χ2v) is 8.78. The van der Waals surface area contributed by atoms with Crippen LogP contribution in [-0.2, 0) is 4.74 Å². The quantitative estimate of drug-likeness (QED) is 0.643. The molecule has 0 bridgehead atoms. The Morgan fingerprint density at radius 2 is 1.00 bits per heavy atom. The minimum Gasteiger partial charge on any atom is -0.373 e. The lowest BCUT2D eigenvalue weighted by molar-refractivity contribution is -0.0424. The maximum atomic E-state index is 5.44. The summed E-state index contributed by atoms with van der Waals surface area (Å²) in [5, 5.41) is 3.31. The van der Waals surface area contributed by atoms with Gasteiger partial charge in [0.05, 0.1) is 11.7 Å². The largest absolute Gasteiger partial charge is 0.373 e. The molecule has 138 valence electrons. The molecule has 0 aliphatic heterocycles. The van der Waals surface area contributed by atoms with E-state index in [1.165, 1.54) is 6.42 Å². The van der Waals surface area contributed by atoms with Crippen LogP contribution in [0.1, 0.15) is 96.4 Å². The van der Waals surface area contributed by atoms with E-state index in [9.17, 15) is 0 Å². The highest BCUT2D eigenvalue weighted by atomic mass is 16.5. The fourth-order valence-corrected chi connectivity index (χ4v) is 2.32. The molecule has 2 heteroatoms. The van der Waals surface area contributed by atoms with Crippen LogP contribution in [0.3, 0.4) is 0 Å². The Labute approximate surface area is 142 Å². The van der Waals surface area contributed by atoms with Gasteiger partial charge in [-0.15, -0.1) is 0 Å². The maximum absolute atomic E-state index is 5.44. The first-order valence-electron chi connectivity index (χ1n) is 9.11. The molecule has 0 aliphatic rings. The van der Waals surface area contributed by atoms with Gasteiger partial charge in [-0.25, -0.2) is 0 Å². The van der Waals surface area contributed by atoms with E-state index in [2.05, 4.69) is 81.5 Å². The summed E-state index contributed by atoms with van der Waals surface area (Å²) >= 11 is 0. The van der Waals surface area contributed by atoms with Crippen molar-refractivity contribution in [1.82, 2.24) is 5.32 Å². The van der Waals surface area contributed by atoms with Crippen LogP contribution in [0.4, 0.5) is 0 Å². The number of rotatable bonds is 5. The standard InChI is InChI=1S/C7H16O.C7H16.C6H15N/c1-6(2)8-7(3,4)5;1-6(2)5-7(3)4;1-5(2)7-6(3)4/h6H,1-5H3;6-7H,5H2,1-4H3;5-7H,1-4H3. The van der Waals surface area contributed by atoms with E-state index in [-0.39, 0.29) is 5.60 Å². The molecular weight excluding hydrogens is 270 g/mol. The summed E-state index contributed by atoms with van der Waals surface area (Å²) < 4.78 is 5.44. The summed E-state index contributed by atoms with van der Waals surface area (Å²) in [5.41, 5.74) is 0.0220. The van der Waals surface area contributed by atoms with Gasteiger partial charge in [-0.1, -0.05) is 55.4 Å². The zero-order valence-corrected chi connectivity index (χ0v) is 18.0.